The fourth-order valence-corrected chi connectivity index (χ4v) is 5.56. The minimum absolute atomic E-state index is 0.0699. The van der Waals surface area contributed by atoms with Gasteiger partial charge in [-0.2, -0.15) is 5.26 Å². The summed E-state index contributed by atoms with van der Waals surface area (Å²) >= 11 is 0. The van der Waals surface area contributed by atoms with Crippen molar-refractivity contribution in [3.63, 3.8) is 0 Å². The van der Waals surface area contributed by atoms with Crippen LogP contribution in [0, 0.1) is 11.3 Å². The molecule has 4 rings (SSSR count). The number of piperidine rings is 1. The number of hydrogen-bond donors (Lipinski definition) is 4. The molecule has 0 radical (unpaired) electrons. The first-order chi connectivity index (χ1) is 19.4. The Labute approximate surface area is 238 Å². The number of fused-ring (bicyclic) bond motifs is 1. The number of urea groups is 1. The summed E-state index contributed by atoms with van der Waals surface area (Å²) in [7, 11) is -1.82. The van der Waals surface area contributed by atoms with Gasteiger partial charge >= 0.3 is 13.1 Å². The van der Waals surface area contributed by atoms with Gasteiger partial charge in [-0.1, -0.05) is 18.2 Å². The van der Waals surface area contributed by atoms with Gasteiger partial charge in [0.25, 0.3) is 11.8 Å². The molecule has 220 valence electrons. The average Bonchev–Trinajstić information content (AvgIpc) is 3.57. The second-order valence-corrected chi connectivity index (χ2v) is 11.3. The molecular formula is C28H36BF2N5O5. The van der Waals surface area contributed by atoms with Gasteiger partial charge in [0.15, 0.2) is 0 Å². The Morgan fingerprint density at radius 1 is 1.27 bits per heavy atom. The van der Waals surface area contributed by atoms with Crippen LogP contribution in [-0.2, 0) is 11.2 Å². The van der Waals surface area contributed by atoms with Gasteiger partial charge in [0.2, 0.25) is 0 Å². The molecule has 2 saturated heterocycles. The van der Waals surface area contributed by atoms with Gasteiger partial charge in [0, 0.05) is 56.0 Å². The van der Waals surface area contributed by atoms with E-state index in [-0.39, 0.29) is 50.5 Å². The lowest BCUT2D eigenvalue weighted by Crippen LogP contribution is -2.53. The molecule has 1 unspecified atom stereocenters. The molecule has 3 heterocycles. The molecule has 0 bridgehead atoms. The molecule has 2 aliphatic rings. The highest BCUT2D eigenvalue weighted by Crippen LogP contribution is 2.32. The van der Waals surface area contributed by atoms with Crippen LogP contribution in [-0.4, -0.2) is 88.5 Å². The number of hydrogen-bond acceptors (Lipinski definition) is 7. The Bertz CT molecular complexity index is 1310. The molecule has 41 heavy (non-hydrogen) atoms. The van der Waals surface area contributed by atoms with Crippen molar-refractivity contribution in [2.24, 2.45) is 0 Å². The number of amides is 3. The van der Waals surface area contributed by atoms with Crippen molar-refractivity contribution in [3.05, 3.63) is 47.7 Å². The number of nitriles is 1. The van der Waals surface area contributed by atoms with E-state index in [1.54, 1.807) is 30.9 Å². The monoisotopic (exact) mass is 571 g/mol. The highest BCUT2D eigenvalue weighted by Gasteiger charge is 2.39. The van der Waals surface area contributed by atoms with E-state index < -0.39 is 36.5 Å². The van der Waals surface area contributed by atoms with E-state index in [1.165, 1.54) is 6.26 Å². The van der Waals surface area contributed by atoms with Crippen molar-refractivity contribution in [2.45, 2.75) is 69.4 Å². The van der Waals surface area contributed by atoms with Crippen molar-refractivity contribution in [3.8, 4) is 6.07 Å². The third kappa shape index (κ3) is 7.44. The van der Waals surface area contributed by atoms with E-state index in [4.69, 9.17) is 4.42 Å². The topological polar surface area (TPSA) is 142 Å². The second kappa shape index (κ2) is 12.6. The molecule has 4 N–H and O–H groups in total. The molecule has 2 aliphatic heterocycles. The average molecular weight is 571 g/mol. The number of halogens is 2. The number of carbonyl (C=O) groups is 2. The molecule has 2 atom stereocenters. The summed E-state index contributed by atoms with van der Waals surface area (Å²) < 4.78 is 32.8. The SMILES string of the molecule is CC(C)(C=C(C#N)C(=O)N1CCCC1CNC(=O)N[C@@H](Cc1coc2ccccc12)B(O)O)N1CCC(F)(F)CC1. The van der Waals surface area contributed by atoms with Gasteiger partial charge in [-0.05, 0) is 50.8 Å². The Kier molecular flexibility index (Phi) is 9.36. The predicted molar refractivity (Wildman–Crippen MR) is 149 cm³/mol. The van der Waals surface area contributed by atoms with Crippen LogP contribution < -0.4 is 10.6 Å². The first kappa shape index (κ1) is 30.5. The number of carbonyl (C=O) groups excluding carboxylic acids is 2. The van der Waals surface area contributed by atoms with E-state index in [1.807, 2.05) is 29.2 Å². The maximum Gasteiger partial charge on any atom is 0.475 e. The standard InChI is InChI=1S/C28H36BF2N5O5/c1-27(2,35-12-9-28(30,31)10-13-35)15-20(16-32)25(37)36-11-5-6-21(36)17-33-26(38)34-24(29(39)40)14-19-18-41-23-8-4-3-7-22(19)23/h3-4,7-8,15,18,21,24,39-40H,5-6,9-14,17H2,1-2H3,(H2,33,34,38)/t21?,24-/m0/s1. The molecule has 0 saturated carbocycles. The van der Waals surface area contributed by atoms with E-state index in [0.717, 1.165) is 5.39 Å². The number of para-hydroxylation sites is 1. The van der Waals surface area contributed by atoms with E-state index in [9.17, 15) is 33.7 Å². The highest BCUT2D eigenvalue weighted by molar-refractivity contribution is 6.43. The number of rotatable bonds is 9. The minimum Gasteiger partial charge on any atom is -0.464 e. The van der Waals surface area contributed by atoms with Gasteiger partial charge in [-0.25, -0.2) is 13.6 Å². The number of nitrogens with zero attached hydrogens (tertiary/aromatic N) is 3. The maximum absolute atomic E-state index is 13.6. The number of alkyl halides is 2. The van der Waals surface area contributed by atoms with Crippen LogP contribution in [0.5, 0.6) is 0 Å². The van der Waals surface area contributed by atoms with Gasteiger partial charge < -0.3 is 30.0 Å². The Morgan fingerprint density at radius 2 is 1.98 bits per heavy atom. The Morgan fingerprint density at radius 3 is 2.66 bits per heavy atom. The van der Waals surface area contributed by atoms with Crippen molar-refractivity contribution < 1.29 is 32.8 Å². The lowest BCUT2D eigenvalue weighted by atomic mass is 9.76. The summed E-state index contributed by atoms with van der Waals surface area (Å²) in [6, 6.07) is 8.28. The smallest absolute Gasteiger partial charge is 0.464 e. The minimum atomic E-state index is -2.70. The number of likely N-dealkylation sites (tertiary alicyclic amines) is 2. The van der Waals surface area contributed by atoms with Crippen LogP contribution in [0.15, 0.2) is 46.6 Å². The van der Waals surface area contributed by atoms with Crippen LogP contribution >= 0.6 is 0 Å². The van der Waals surface area contributed by atoms with Gasteiger partial charge in [0.05, 0.1) is 12.2 Å². The van der Waals surface area contributed by atoms with Gasteiger partial charge in [0.1, 0.15) is 17.2 Å². The number of nitrogens with one attached hydrogen (secondary N) is 2. The molecule has 0 aliphatic carbocycles. The zero-order valence-electron chi connectivity index (χ0n) is 23.3. The molecule has 3 amide bonds. The van der Waals surface area contributed by atoms with E-state index >= 15 is 0 Å². The lowest BCUT2D eigenvalue weighted by molar-refractivity contribution is -0.127. The van der Waals surface area contributed by atoms with Crippen LogP contribution in [0.1, 0.15) is 45.1 Å². The summed E-state index contributed by atoms with van der Waals surface area (Å²) in [5, 5.41) is 35.6. The zero-order valence-corrected chi connectivity index (χ0v) is 23.3. The number of furan rings is 1. The summed E-state index contributed by atoms with van der Waals surface area (Å²) in [5.41, 5.74) is 0.518. The van der Waals surface area contributed by atoms with Crippen molar-refractivity contribution in [2.75, 3.05) is 26.2 Å². The third-order valence-electron chi connectivity index (χ3n) is 7.97. The van der Waals surface area contributed by atoms with Crippen LogP contribution in [0.25, 0.3) is 11.0 Å². The maximum atomic E-state index is 13.6. The Balaban J connectivity index is 1.35. The third-order valence-corrected chi connectivity index (χ3v) is 7.97. The van der Waals surface area contributed by atoms with E-state index in [2.05, 4.69) is 10.6 Å². The molecule has 1 aromatic carbocycles. The second-order valence-electron chi connectivity index (χ2n) is 11.3. The molecular weight excluding hydrogens is 535 g/mol. The van der Waals surface area contributed by atoms with Crippen LogP contribution in [0.4, 0.5) is 13.6 Å². The van der Waals surface area contributed by atoms with Crippen molar-refractivity contribution in [1.29, 1.82) is 5.26 Å². The molecule has 13 heteroatoms. The van der Waals surface area contributed by atoms with E-state index in [0.29, 0.717) is 30.5 Å². The fourth-order valence-electron chi connectivity index (χ4n) is 5.56. The highest BCUT2D eigenvalue weighted by atomic mass is 19.3. The molecule has 10 nitrogen and oxygen atoms in total. The van der Waals surface area contributed by atoms with Crippen LogP contribution in [0.2, 0.25) is 0 Å². The lowest BCUT2D eigenvalue weighted by Gasteiger charge is -2.41. The quantitative estimate of drug-likeness (QED) is 0.206. The van der Waals surface area contributed by atoms with Crippen LogP contribution in [0.3, 0.4) is 0 Å². The van der Waals surface area contributed by atoms with Gasteiger partial charge in [-0.3, -0.25) is 9.69 Å². The van der Waals surface area contributed by atoms with Crippen molar-refractivity contribution >= 4 is 30.0 Å². The molecule has 0 spiro atoms. The molecule has 1 aromatic heterocycles. The van der Waals surface area contributed by atoms with Gasteiger partial charge in [-0.15, -0.1) is 0 Å². The first-order valence-electron chi connectivity index (χ1n) is 13.8. The summed E-state index contributed by atoms with van der Waals surface area (Å²) in [6.45, 7) is 4.43. The number of benzene rings is 1. The molecule has 2 aromatic rings. The predicted octanol–water partition coefficient (Wildman–Crippen LogP) is 2.61. The summed E-state index contributed by atoms with van der Waals surface area (Å²) in [4.78, 5) is 29.4. The fraction of sp³-hybridized carbons (Fsp3) is 0.536. The summed E-state index contributed by atoms with van der Waals surface area (Å²) in [5.74, 6) is -4.18. The molecule has 2 fully saturated rings. The normalized spacial score (nSPS) is 20.5. The zero-order chi connectivity index (χ0) is 29.8. The Hall–Kier alpha value is -3.47. The first-order valence-corrected chi connectivity index (χ1v) is 13.8. The van der Waals surface area contributed by atoms with Crippen molar-refractivity contribution in [1.82, 2.24) is 20.4 Å². The summed E-state index contributed by atoms with van der Waals surface area (Å²) in [6.07, 6.45) is 3.95. The largest absolute Gasteiger partial charge is 0.475 e.